The van der Waals surface area contributed by atoms with E-state index in [4.69, 9.17) is 5.10 Å². The average molecular weight is 639 g/mol. The number of nitrogens with zero attached hydrogens (tertiary/aromatic N) is 6. The Labute approximate surface area is 285 Å². The van der Waals surface area contributed by atoms with Gasteiger partial charge in [-0.1, -0.05) is 97.1 Å². The van der Waals surface area contributed by atoms with E-state index in [0.717, 1.165) is 55.7 Å². The standard InChI is InChI=1S/C44H26N6/c1-4-10-32-27(7-1)14-19-38-43(32)34-17-13-30(37-26-45-21-22-46-37)23-40(34)49(38)31-16-18-35-41(25-31)50(42-24-29-9-3-6-12-36(29)47-48-42)39-20-15-28-8-2-5-11-33(28)44(35)39/h1-26H. The second kappa shape index (κ2) is 10.3. The first-order chi connectivity index (χ1) is 24.8. The van der Waals surface area contributed by atoms with E-state index in [1.54, 1.807) is 12.4 Å². The summed E-state index contributed by atoms with van der Waals surface area (Å²) in [6, 6.07) is 49.9. The number of hydrogen-bond donors (Lipinski definition) is 0. The fourth-order valence-corrected chi connectivity index (χ4v) is 7.92. The molecule has 0 N–H and O–H groups in total. The summed E-state index contributed by atoms with van der Waals surface area (Å²) in [4.78, 5) is 8.99. The van der Waals surface area contributed by atoms with Gasteiger partial charge in [0, 0.05) is 50.6 Å². The number of aromatic nitrogens is 6. The Bertz CT molecular complexity index is 3160. The van der Waals surface area contributed by atoms with Crippen LogP contribution < -0.4 is 0 Å². The Hall–Kier alpha value is -6.92. The van der Waals surface area contributed by atoms with Gasteiger partial charge in [0.2, 0.25) is 0 Å². The minimum atomic E-state index is 0.786. The van der Waals surface area contributed by atoms with Crippen LogP contribution in [0.15, 0.2) is 158 Å². The third kappa shape index (κ3) is 3.84. The molecule has 0 saturated heterocycles. The number of benzene rings is 7. The van der Waals surface area contributed by atoms with Gasteiger partial charge in [-0.2, -0.15) is 0 Å². The molecule has 0 saturated carbocycles. The lowest BCUT2D eigenvalue weighted by Gasteiger charge is -2.11. The van der Waals surface area contributed by atoms with Gasteiger partial charge in [-0.3, -0.25) is 14.5 Å². The summed E-state index contributed by atoms with van der Waals surface area (Å²) in [5.74, 6) is 0.786. The molecule has 6 heteroatoms. The second-order valence-corrected chi connectivity index (χ2v) is 12.8. The highest BCUT2D eigenvalue weighted by Crippen LogP contribution is 2.41. The predicted octanol–water partition coefficient (Wildman–Crippen LogP) is 10.6. The third-order valence-electron chi connectivity index (χ3n) is 10.1. The Morgan fingerprint density at radius 3 is 1.84 bits per heavy atom. The monoisotopic (exact) mass is 638 g/mol. The molecular formula is C44H26N6. The molecule has 0 unspecified atom stereocenters. The van der Waals surface area contributed by atoms with Crippen LogP contribution >= 0.6 is 0 Å². The van der Waals surface area contributed by atoms with Crippen molar-refractivity contribution >= 4 is 76.1 Å². The normalized spacial score (nSPS) is 12.0. The fraction of sp³-hybridized carbons (Fsp3) is 0. The van der Waals surface area contributed by atoms with Crippen molar-refractivity contribution in [2.75, 3.05) is 0 Å². The summed E-state index contributed by atoms with van der Waals surface area (Å²) < 4.78 is 4.66. The molecule has 0 fully saturated rings. The minimum absolute atomic E-state index is 0.786. The first-order valence-corrected chi connectivity index (χ1v) is 16.7. The molecule has 0 atom stereocenters. The SMILES string of the molecule is c1ccc2nnc(-n3c4cc(-n5c6cc(-c7cnccn7)ccc6c6c7ccccc7ccc65)ccc4c4c5ccccc5ccc43)cc2c1. The van der Waals surface area contributed by atoms with Crippen LogP contribution in [0.2, 0.25) is 0 Å². The molecule has 0 spiro atoms. The lowest BCUT2D eigenvalue weighted by Crippen LogP contribution is -2.00. The van der Waals surface area contributed by atoms with Crippen LogP contribution in [0, 0.1) is 0 Å². The third-order valence-corrected chi connectivity index (χ3v) is 10.1. The Morgan fingerprint density at radius 1 is 0.440 bits per heavy atom. The van der Waals surface area contributed by atoms with Crippen LogP contribution in [-0.2, 0) is 0 Å². The first-order valence-electron chi connectivity index (χ1n) is 16.7. The molecule has 11 rings (SSSR count). The highest BCUT2D eigenvalue weighted by molar-refractivity contribution is 6.23. The van der Waals surface area contributed by atoms with Crippen molar-refractivity contribution in [3.05, 3.63) is 158 Å². The Morgan fingerprint density at radius 2 is 1.10 bits per heavy atom. The maximum absolute atomic E-state index is 4.79. The maximum Gasteiger partial charge on any atom is 0.160 e. The topological polar surface area (TPSA) is 61.4 Å². The zero-order chi connectivity index (χ0) is 32.8. The van der Waals surface area contributed by atoms with Gasteiger partial charge < -0.3 is 4.57 Å². The number of hydrogen-bond acceptors (Lipinski definition) is 4. The highest BCUT2D eigenvalue weighted by Gasteiger charge is 2.20. The fourth-order valence-electron chi connectivity index (χ4n) is 7.92. The van der Waals surface area contributed by atoms with E-state index >= 15 is 0 Å². The van der Waals surface area contributed by atoms with E-state index in [-0.39, 0.29) is 0 Å². The van der Waals surface area contributed by atoms with E-state index in [9.17, 15) is 0 Å². The largest absolute Gasteiger partial charge is 0.309 e. The molecule has 0 aliphatic heterocycles. The summed E-state index contributed by atoms with van der Waals surface area (Å²) >= 11 is 0. The quantitative estimate of drug-likeness (QED) is 0.193. The molecule has 4 heterocycles. The molecule has 0 radical (unpaired) electrons. The van der Waals surface area contributed by atoms with Crippen molar-refractivity contribution < 1.29 is 0 Å². The summed E-state index contributed by atoms with van der Waals surface area (Å²) in [6.07, 6.45) is 5.28. The summed E-state index contributed by atoms with van der Waals surface area (Å²) in [7, 11) is 0. The highest BCUT2D eigenvalue weighted by atomic mass is 15.2. The van der Waals surface area contributed by atoms with Gasteiger partial charge in [0.1, 0.15) is 0 Å². The molecule has 4 aromatic heterocycles. The minimum Gasteiger partial charge on any atom is -0.309 e. The van der Waals surface area contributed by atoms with Gasteiger partial charge in [-0.15, -0.1) is 10.2 Å². The van der Waals surface area contributed by atoms with E-state index in [2.05, 4.69) is 146 Å². The zero-order valence-corrected chi connectivity index (χ0v) is 26.7. The van der Waals surface area contributed by atoms with Crippen molar-refractivity contribution in [1.29, 1.82) is 0 Å². The van der Waals surface area contributed by atoms with Gasteiger partial charge in [0.25, 0.3) is 0 Å². The molecule has 0 aliphatic rings. The zero-order valence-electron chi connectivity index (χ0n) is 26.7. The molecule has 50 heavy (non-hydrogen) atoms. The van der Waals surface area contributed by atoms with E-state index in [0.29, 0.717) is 0 Å². The van der Waals surface area contributed by atoms with E-state index in [1.807, 2.05) is 24.4 Å². The van der Waals surface area contributed by atoms with Crippen LogP contribution in [0.5, 0.6) is 0 Å². The summed E-state index contributed by atoms with van der Waals surface area (Å²) in [6.45, 7) is 0. The molecular weight excluding hydrogens is 613 g/mol. The van der Waals surface area contributed by atoms with Crippen molar-refractivity contribution in [3.63, 3.8) is 0 Å². The molecule has 0 amide bonds. The van der Waals surface area contributed by atoms with Gasteiger partial charge in [0.05, 0.1) is 39.5 Å². The van der Waals surface area contributed by atoms with Crippen molar-refractivity contribution in [2.45, 2.75) is 0 Å². The lowest BCUT2D eigenvalue weighted by molar-refractivity contribution is 0.980. The van der Waals surface area contributed by atoms with Gasteiger partial charge in [0.15, 0.2) is 5.82 Å². The molecule has 0 bridgehead atoms. The summed E-state index contributed by atoms with van der Waals surface area (Å²) in [5.41, 5.74) is 8.22. The maximum atomic E-state index is 4.79. The van der Waals surface area contributed by atoms with Crippen LogP contribution in [-0.4, -0.2) is 29.3 Å². The average Bonchev–Trinajstić information content (AvgIpc) is 3.70. The van der Waals surface area contributed by atoms with Crippen molar-refractivity contribution in [1.82, 2.24) is 29.3 Å². The molecule has 6 nitrogen and oxygen atoms in total. The van der Waals surface area contributed by atoms with Gasteiger partial charge in [-0.05, 0) is 64.0 Å². The van der Waals surface area contributed by atoms with Gasteiger partial charge >= 0.3 is 0 Å². The molecule has 232 valence electrons. The lowest BCUT2D eigenvalue weighted by atomic mass is 10.0. The summed E-state index contributed by atoms with van der Waals surface area (Å²) in [5, 5.41) is 20.2. The first kappa shape index (κ1) is 27.1. The van der Waals surface area contributed by atoms with Crippen molar-refractivity contribution in [2.24, 2.45) is 0 Å². The Kier molecular flexibility index (Phi) is 5.57. The van der Waals surface area contributed by atoms with E-state index < -0.39 is 0 Å². The number of fused-ring (bicyclic) bond motifs is 11. The smallest absolute Gasteiger partial charge is 0.160 e. The van der Waals surface area contributed by atoms with E-state index in [1.165, 1.54) is 43.1 Å². The van der Waals surface area contributed by atoms with Crippen LogP contribution in [0.3, 0.4) is 0 Å². The van der Waals surface area contributed by atoms with Crippen LogP contribution in [0.1, 0.15) is 0 Å². The molecule has 7 aromatic carbocycles. The molecule has 0 aliphatic carbocycles. The number of rotatable bonds is 3. The predicted molar refractivity (Wildman–Crippen MR) is 204 cm³/mol. The van der Waals surface area contributed by atoms with Crippen LogP contribution in [0.25, 0.3) is 98.8 Å². The van der Waals surface area contributed by atoms with Crippen LogP contribution in [0.4, 0.5) is 0 Å². The molecule has 11 aromatic rings. The second-order valence-electron chi connectivity index (χ2n) is 12.8. The Balaban J connectivity index is 1.27. The van der Waals surface area contributed by atoms with Crippen molar-refractivity contribution in [3.8, 4) is 22.8 Å². The van der Waals surface area contributed by atoms with Gasteiger partial charge in [-0.25, -0.2) is 0 Å².